The highest BCUT2D eigenvalue weighted by Gasteiger charge is 2.47. The Morgan fingerprint density at radius 2 is 1.52 bits per heavy atom. The topological polar surface area (TPSA) is 64.6 Å². The van der Waals surface area contributed by atoms with Crippen LogP contribution in [0.25, 0.3) is 0 Å². The highest BCUT2D eigenvalue weighted by Crippen LogP contribution is 2.46. The molecular weight excluding hydrogens is 338 g/mol. The molecule has 0 amide bonds. The Morgan fingerprint density at radius 3 is 2.00 bits per heavy atom. The quantitative estimate of drug-likeness (QED) is 0.820. The van der Waals surface area contributed by atoms with Crippen LogP contribution >= 0.6 is 0 Å². The third-order valence-electron chi connectivity index (χ3n) is 4.23. The van der Waals surface area contributed by atoms with E-state index in [0.29, 0.717) is 5.75 Å². The van der Waals surface area contributed by atoms with Crippen molar-refractivity contribution >= 4 is 10.0 Å². The van der Waals surface area contributed by atoms with Crippen molar-refractivity contribution in [1.29, 1.82) is 0 Å². The van der Waals surface area contributed by atoms with Gasteiger partial charge in [0.25, 0.3) is 0 Å². The largest absolute Gasteiger partial charge is 0.497 e. The molecule has 134 valence electrons. The zero-order valence-electron chi connectivity index (χ0n) is 14.7. The first-order valence-corrected chi connectivity index (χ1v) is 9.78. The van der Waals surface area contributed by atoms with Crippen LogP contribution < -0.4 is 14.2 Å². The summed E-state index contributed by atoms with van der Waals surface area (Å²) in [6.07, 6.45) is 1.62. The normalized spacial score (nSPS) is 15.8. The van der Waals surface area contributed by atoms with E-state index in [1.807, 2.05) is 38.1 Å². The van der Waals surface area contributed by atoms with Crippen LogP contribution in [-0.4, -0.2) is 21.6 Å². The summed E-state index contributed by atoms with van der Waals surface area (Å²) in [5.41, 5.74) is 0.440. The molecule has 25 heavy (non-hydrogen) atoms. The van der Waals surface area contributed by atoms with Crippen molar-refractivity contribution in [2.45, 2.75) is 43.2 Å². The van der Waals surface area contributed by atoms with Crippen molar-refractivity contribution in [3.63, 3.8) is 0 Å². The van der Waals surface area contributed by atoms with Gasteiger partial charge in [-0.15, -0.1) is 0 Å². The summed E-state index contributed by atoms with van der Waals surface area (Å²) in [6.45, 7) is 3.86. The molecule has 0 aromatic heterocycles. The van der Waals surface area contributed by atoms with Gasteiger partial charge in [-0.05, 0) is 68.7 Å². The van der Waals surface area contributed by atoms with Crippen molar-refractivity contribution in [2.24, 2.45) is 0 Å². The van der Waals surface area contributed by atoms with Crippen LogP contribution in [0.3, 0.4) is 0 Å². The Balaban J connectivity index is 1.78. The number of hydrogen-bond acceptors (Lipinski definition) is 4. The predicted molar refractivity (Wildman–Crippen MR) is 96.4 cm³/mol. The van der Waals surface area contributed by atoms with Crippen molar-refractivity contribution in [1.82, 2.24) is 4.72 Å². The highest BCUT2D eigenvalue weighted by molar-refractivity contribution is 7.89. The molecule has 0 saturated heterocycles. The van der Waals surface area contributed by atoms with Crippen molar-refractivity contribution < 1.29 is 17.9 Å². The van der Waals surface area contributed by atoms with Crippen molar-refractivity contribution in [2.75, 3.05) is 7.11 Å². The zero-order chi connectivity index (χ0) is 18.1. The summed E-state index contributed by atoms with van der Waals surface area (Å²) < 4.78 is 39.1. The predicted octanol–water partition coefficient (Wildman–Crippen LogP) is 3.45. The summed E-state index contributed by atoms with van der Waals surface area (Å²) >= 11 is 0. The fourth-order valence-corrected chi connectivity index (χ4v) is 4.22. The molecule has 2 aromatic carbocycles. The van der Waals surface area contributed by atoms with E-state index in [4.69, 9.17) is 9.47 Å². The van der Waals surface area contributed by atoms with E-state index in [9.17, 15) is 8.42 Å². The van der Waals surface area contributed by atoms with Gasteiger partial charge in [-0.25, -0.2) is 13.1 Å². The molecule has 1 saturated carbocycles. The molecule has 6 heteroatoms. The zero-order valence-corrected chi connectivity index (χ0v) is 15.5. The van der Waals surface area contributed by atoms with E-state index in [0.717, 1.165) is 24.2 Å². The Hall–Kier alpha value is -2.05. The molecule has 0 radical (unpaired) electrons. The van der Waals surface area contributed by atoms with Crippen molar-refractivity contribution in [3.8, 4) is 11.5 Å². The number of nitrogens with one attached hydrogen (secondary N) is 1. The minimum Gasteiger partial charge on any atom is -0.497 e. The lowest BCUT2D eigenvalue weighted by Gasteiger charge is -2.19. The number of benzene rings is 2. The van der Waals surface area contributed by atoms with E-state index in [1.54, 1.807) is 31.4 Å². The average Bonchev–Trinajstić information content (AvgIpc) is 3.35. The van der Waals surface area contributed by atoms with Crippen LogP contribution in [0.2, 0.25) is 0 Å². The molecule has 0 spiro atoms. The second kappa shape index (κ2) is 6.69. The molecule has 5 nitrogen and oxygen atoms in total. The summed E-state index contributed by atoms with van der Waals surface area (Å²) in [7, 11) is -1.99. The first kappa shape index (κ1) is 17.8. The van der Waals surface area contributed by atoms with Gasteiger partial charge in [0.05, 0.1) is 23.6 Å². The molecule has 0 unspecified atom stereocenters. The maximum absolute atomic E-state index is 12.7. The van der Waals surface area contributed by atoms with Gasteiger partial charge in [0.2, 0.25) is 10.0 Å². The molecule has 1 fully saturated rings. The fourth-order valence-electron chi connectivity index (χ4n) is 2.77. The van der Waals surface area contributed by atoms with Crippen LogP contribution in [0.5, 0.6) is 11.5 Å². The highest BCUT2D eigenvalue weighted by atomic mass is 32.2. The lowest BCUT2D eigenvalue weighted by Crippen LogP contribution is -2.34. The molecule has 1 aliphatic carbocycles. The first-order chi connectivity index (χ1) is 11.8. The second-order valence-electron chi connectivity index (χ2n) is 6.55. The van der Waals surface area contributed by atoms with E-state index in [1.165, 1.54) is 0 Å². The third-order valence-corrected chi connectivity index (χ3v) is 5.78. The van der Waals surface area contributed by atoms with Crippen LogP contribution in [0, 0.1) is 0 Å². The molecule has 0 bridgehead atoms. The second-order valence-corrected chi connectivity index (χ2v) is 8.24. The lowest BCUT2D eigenvalue weighted by molar-refractivity contribution is 0.242. The van der Waals surface area contributed by atoms with E-state index < -0.39 is 15.6 Å². The van der Waals surface area contributed by atoms with Gasteiger partial charge in [0.15, 0.2) is 0 Å². The standard InChI is InChI=1S/C19H23NO4S/c1-14(2)24-17-8-10-18(11-9-17)25(21,22)20-19(12-13-19)15-4-6-16(23-3)7-5-15/h4-11,14,20H,12-13H2,1-3H3. The van der Waals surface area contributed by atoms with Crippen LogP contribution in [0.15, 0.2) is 53.4 Å². The van der Waals surface area contributed by atoms with Gasteiger partial charge in [-0.3, -0.25) is 0 Å². The monoisotopic (exact) mass is 361 g/mol. The van der Waals surface area contributed by atoms with Gasteiger partial charge in [-0.1, -0.05) is 12.1 Å². The summed E-state index contributed by atoms with van der Waals surface area (Å²) in [6, 6.07) is 14.0. The van der Waals surface area contributed by atoms with Gasteiger partial charge < -0.3 is 9.47 Å². The maximum atomic E-state index is 12.7. The number of hydrogen-bond donors (Lipinski definition) is 1. The van der Waals surface area contributed by atoms with Crippen LogP contribution in [0.4, 0.5) is 0 Å². The van der Waals surface area contributed by atoms with Gasteiger partial charge >= 0.3 is 0 Å². The Morgan fingerprint density at radius 1 is 0.960 bits per heavy atom. The molecule has 1 aliphatic rings. The van der Waals surface area contributed by atoms with E-state index in [2.05, 4.69) is 4.72 Å². The smallest absolute Gasteiger partial charge is 0.241 e. The Kier molecular flexibility index (Phi) is 4.75. The summed E-state index contributed by atoms with van der Waals surface area (Å²) in [5.74, 6) is 1.41. The first-order valence-electron chi connectivity index (χ1n) is 8.30. The lowest BCUT2D eigenvalue weighted by atomic mass is 10.1. The minimum atomic E-state index is -3.60. The summed E-state index contributed by atoms with van der Waals surface area (Å²) in [4.78, 5) is 0.239. The molecular formula is C19H23NO4S. The SMILES string of the molecule is COc1ccc(C2(NS(=O)(=O)c3ccc(OC(C)C)cc3)CC2)cc1. The molecule has 0 atom stereocenters. The number of rotatable bonds is 7. The molecule has 1 N–H and O–H groups in total. The molecule has 2 aromatic rings. The van der Waals surface area contributed by atoms with E-state index >= 15 is 0 Å². The van der Waals surface area contributed by atoms with Gasteiger partial charge in [0, 0.05) is 0 Å². The molecule has 0 heterocycles. The molecule has 3 rings (SSSR count). The van der Waals surface area contributed by atoms with E-state index in [-0.39, 0.29) is 11.0 Å². The van der Waals surface area contributed by atoms with Crippen LogP contribution in [-0.2, 0) is 15.6 Å². The third kappa shape index (κ3) is 3.96. The fraction of sp³-hybridized carbons (Fsp3) is 0.368. The average molecular weight is 361 g/mol. The number of methoxy groups -OCH3 is 1. The number of ether oxygens (including phenoxy) is 2. The van der Waals surface area contributed by atoms with Crippen molar-refractivity contribution in [3.05, 3.63) is 54.1 Å². The maximum Gasteiger partial charge on any atom is 0.241 e. The summed E-state index contributed by atoms with van der Waals surface area (Å²) in [5, 5.41) is 0. The minimum absolute atomic E-state index is 0.0467. The Bertz CT molecular complexity index is 823. The van der Waals surface area contributed by atoms with Gasteiger partial charge in [-0.2, -0.15) is 0 Å². The Labute approximate surface area is 149 Å². The number of sulfonamides is 1. The molecule has 0 aliphatic heterocycles. The van der Waals surface area contributed by atoms with Crippen LogP contribution in [0.1, 0.15) is 32.3 Å². The van der Waals surface area contributed by atoms with Gasteiger partial charge in [0.1, 0.15) is 11.5 Å².